The summed E-state index contributed by atoms with van der Waals surface area (Å²) in [5.41, 5.74) is 0. The van der Waals surface area contributed by atoms with Gasteiger partial charge in [0.2, 0.25) is 0 Å². The van der Waals surface area contributed by atoms with E-state index in [4.69, 9.17) is 0 Å². The highest BCUT2D eigenvalue weighted by molar-refractivity contribution is 4.88. The molecule has 0 aromatic rings. The van der Waals surface area contributed by atoms with Crippen LogP contribution in [0.2, 0.25) is 0 Å². The molecule has 0 aliphatic rings. The van der Waals surface area contributed by atoms with E-state index in [1.165, 1.54) is 51.4 Å². The summed E-state index contributed by atoms with van der Waals surface area (Å²) in [6, 6.07) is 0. The van der Waals surface area contributed by atoms with Crippen molar-refractivity contribution in [2.24, 2.45) is 0 Å². The van der Waals surface area contributed by atoms with Crippen LogP contribution in [0.15, 0.2) is 24.6 Å². The molecule has 0 aromatic heterocycles. The second-order valence-corrected chi connectivity index (χ2v) is 3.96. The van der Waals surface area contributed by atoms with Gasteiger partial charge in [-0.25, -0.2) is 0 Å². The van der Waals surface area contributed by atoms with Gasteiger partial charge in [-0.2, -0.15) is 0 Å². The summed E-state index contributed by atoms with van der Waals surface area (Å²) in [4.78, 5) is 0. The van der Waals surface area contributed by atoms with Crippen LogP contribution in [-0.2, 0) is 0 Å². The highest BCUT2D eigenvalue weighted by Gasteiger charge is 1.81. The summed E-state index contributed by atoms with van der Waals surface area (Å²) < 4.78 is 0. The maximum atomic E-state index is 3.18. The second kappa shape index (κ2) is 13.3. The summed E-state index contributed by atoms with van der Waals surface area (Å²) in [6.07, 6.45) is 18.8. The second-order valence-electron chi connectivity index (χ2n) is 3.96. The van der Waals surface area contributed by atoms with Crippen LogP contribution in [0.3, 0.4) is 0 Å². The third-order valence-electron chi connectivity index (χ3n) is 2.38. The molecule has 0 unspecified atom stereocenters. The van der Waals surface area contributed by atoms with Crippen LogP contribution in [0.4, 0.5) is 0 Å². The van der Waals surface area contributed by atoms with Crippen LogP contribution in [0, 0.1) is 0 Å². The van der Waals surface area contributed by atoms with Crippen molar-refractivity contribution in [3.8, 4) is 0 Å². The van der Waals surface area contributed by atoms with E-state index in [-0.39, 0.29) is 0 Å². The van der Waals surface area contributed by atoms with Gasteiger partial charge in [-0.3, -0.25) is 0 Å². The molecule has 0 fully saturated rings. The predicted octanol–water partition coefficient (Wildman–Crippen LogP) is 4.76. The zero-order valence-corrected chi connectivity index (χ0v) is 10.5. The van der Waals surface area contributed by atoms with Crippen LogP contribution < -0.4 is 5.32 Å². The smallest absolute Gasteiger partial charge is 0.00358 e. The molecule has 0 aliphatic heterocycles. The van der Waals surface area contributed by atoms with Crippen LogP contribution >= 0.6 is 0 Å². The molecule has 0 saturated carbocycles. The molecule has 0 heterocycles. The molecule has 0 aromatic carbocycles. The third-order valence-corrected chi connectivity index (χ3v) is 2.38. The van der Waals surface area contributed by atoms with Crippen molar-refractivity contribution in [1.29, 1.82) is 0 Å². The topological polar surface area (TPSA) is 12.0 Å². The molecule has 1 heteroatoms. The van der Waals surface area contributed by atoms with E-state index in [1.807, 2.05) is 12.4 Å². The Balaban J connectivity index is 3.14. The van der Waals surface area contributed by atoms with Gasteiger partial charge in [-0.05, 0) is 38.1 Å². The van der Waals surface area contributed by atoms with Gasteiger partial charge in [-0.1, -0.05) is 51.7 Å². The monoisotopic (exact) mass is 209 g/mol. The molecular weight excluding hydrogens is 182 g/mol. The van der Waals surface area contributed by atoms with Crippen molar-refractivity contribution in [3.63, 3.8) is 0 Å². The molecule has 1 N–H and O–H groups in total. The average Bonchev–Trinajstić information content (AvgIpc) is 2.26. The molecule has 0 atom stereocenters. The lowest BCUT2D eigenvalue weighted by molar-refractivity contribution is 0.726. The highest BCUT2D eigenvalue weighted by Crippen LogP contribution is 1.99. The van der Waals surface area contributed by atoms with E-state index in [0.717, 1.165) is 0 Å². The molecule has 0 bridgehead atoms. The number of rotatable bonds is 10. The van der Waals surface area contributed by atoms with Crippen molar-refractivity contribution in [2.45, 2.75) is 65.2 Å². The van der Waals surface area contributed by atoms with Gasteiger partial charge >= 0.3 is 0 Å². The molecule has 0 radical (unpaired) electrons. The maximum Gasteiger partial charge on any atom is -0.00358 e. The minimum Gasteiger partial charge on any atom is -0.368 e. The Morgan fingerprint density at radius 2 is 1.20 bits per heavy atom. The quantitative estimate of drug-likeness (QED) is 0.511. The van der Waals surface area contributed by atoms with E-state index in [1.54, 1.807) is 0 Å². The van der Waals surface area contributed by atoms with E-state index in [9.17, 15) is 0 Å². The third kappa shape index (κ3) is 13.3. The zero-order chi connectivity index (χ0) is 11.2. The van der Waals surface area contributed by atoms with E-state index in [0.29, 0.717) is 0 Å². The van der Waals surface area contributed by atoms with Crippen LogP contribution in [0.1, 0.15) is 65.2 Å². The van der Waals surface area contributed by atoms with Gasteiger partial charge in [0.1, 0.15) is 0 Å². The summed E-state index contributed by atoms with van der Waals surface area (Å²) in [5.74, 6) is 0. The fourth-order valence-electron chi connectivity index (χ4n) is 1.38. The Morgan fingerprint density at radius 1 is 0.733 bits per heavy atom. The molecule has 0 spiro atoms. The molecule has 0 rings (SSSR count). The molecule has 15 heavy (non-hydrogen) atoms. The van der Waals surface area contributed by atoms with E-state index >= 15 is 0 Å². The Hall–Kier alpha value is -0.720. The van der Waals surface area contributed by atoms with Gasteiger partial charge in [0.15, 0.2) is 0 Å². The van der Waals surface area contributed by atoms with Crippen LogP contribution in [0.25, 0.3) is 0 Å². The predicted molar refractivity (Wildman–Crippen MR) is 69.7 cm³/mol. The van der Waals surface area contributed by atoms with Crippen molar-refractivity contribution in [2.75, 3.05) is 0 Å². The lowest BCUT2D eigenvalue weighted by atomic mass is 10.2. The fourth-order valence-corrected chi connectivity index (χ4v) is 1.38. The number of nitrogens with one attached hydrogen (secondary N) is 1. The lowest BCUT2D eigenvalue weighted by Gasteiger charge is -1.93. The normalized spacial score (nSPS) is 11.6. The highest BCUT2D eigenvalue weighted by atomic mass is 14.8. The Morgan fingerprint density at radius 3 is 1.60 bits per heavy atom. The van der Waals surface area contributed by atoms with Crippen LogP contribution in [-0.4, -0.2) is 0 Å². The minimum atomic E-state index is 1.20. The first kappa shape index (κ1) is 14.3. The number of allylic oxidation sites excluding steroid dienone is 2. The van der Waals surface area contributed by atoms with Gasteiger partial charge in [0.05, 0.1) is 0 Å². The molecular formula is C14H27N. The first-order valence-corrected chi connectivity index (χ1v) is 6.47. The Bertz CT molecular complexity index is 141. The van der Waals surface area contributed by atoms with Gasteiger partial charge in [0, 0.05) is 0 Å². The number of hydrogen-bond donors (Lipinski definition) is 1. The molecule has 0 amide bonds. The first-order chi connectivity index (χ1) is 7.41. The largest absolute Gasteiger partial charge is 0.368 e. The number of hydrogen-bond acceptors (Lipinski definition) is 1. The average molecular weight is 209 g/mol. The minimum absolute atomic E-state index is 1.20. The summed E-state index contributed by atoms with van der Waals surface area (Å²) in [6.45, 7) is 4.47. The van der Waals surface area contributed by atoms with Gasteiger partial charge in [0.25, 0.3) is 0 Å². The molecule has 0 saturated heterocycles. The first-order valence-electron chi connectivity index (χ1n) is 6.47. The van der Waals surface area contributed by atoms with E-state index < -0.39 is 0 Å². The maximum absolute atomic E-state index is 3.18. The summed E-state index contributed by atoms with van der Waals surface area (Å²) in [5, 5.41) is 3.18. The SMILES string of the molecule is CCCCCC=CNC=CCCCCC. The Kier molecular flexibility index (Phi) is 12.6. The van der Waals surface area contributed by atoms with Crippen molar-refractivity contribution in [3.05, 3.63) is 24.6 Å². The van der Waals surface area contributed by atoms with Crippen molar-refractivity contribution in [1.82, 2.24) is 5.32 Å². The zero-order valence-electron chi connectivity index (χ0n) is 10.5. The molecule has 1 nitrogen and oxygen atoms in total. The van der Waals surface area contributed by atoms with Crippen LogP contribution in [0.5, 0.6) is 0 Å². The van der Waals surface area contributed by atoms with Crippen molar-refractivity contribution < 1.29 is 0 Å². The molecule has 0 aliphatic carbocycles. The standard InChI is InChI=1S/C14H27N/c1-3-5-7-9-11-13-15-14-12-10-8-6-4-2/h11-15H,3-10H2,1-2H3. The van der Waals surface area contributed by atoms with Gasteiger partial charge in [-0.15, -0.1) is 0 Å². The van der Waals surface area contributed by atoms with E-state index in [2.05, 4.69) is 31.3 Å². The Labute approximate surface area is 95.7 Å². The van der Waals surface area contributed by atoms with Crippen molar-refractivity contribution >= 4 is 0 Å². The lowest BCUT2D eigenvalue weighted by Crippen LogP contribution is -1.90. The summed E-state index contributed by atoms with van der Waals surface area (Å²) >= 11 is 0. The summed E-state index contributed by atoms with van der Waals surface area (Å²) in [7, 11) is 0. The van der Waals surface area contributed by atoms with Gasteiger partial charge < -0.3 is 5.32 Å². The number of unbranched alkanes of at least 4 members (excludes halogenated alkanes) is 6. The fraction of sp³-hybridized carbons (Fsp3) is 0.714. The molecule has 88 valence electrons.